The predicted octanol–water partition coefficient (Wildman–Crippen LogP) is 1.61. The van der Waals surface area contributed by atoms with Crippen LogP contribution in [0.5, 0.6) is 0 Å². The van der Waals surface area contributed by atoms with E-state index in [2.05, 4.69) is 45.6 Å². The van der Waals surface area contributed by atoms with Crippen LogP contribution in [0.1, 0.15) is 57.7 Å². The van der Waals surface area contributed by atoms with Crippen LogP contribution in [0.15, 0.2) is 12.4 Å². The number of hydrogen-bond acceptors (Lipinski definition) is 7. The zero-order chi connectivity index (χ0) is 19.5. The van der Waals surface area contributed by atoms with Gasteiger partial charge in [-0.2, -0.15) is 0 Å². The Morgan fingerprint density at radius 3 is 2.79 bits per heavy atom. The normalized spacial score (nSPS) is 41.9. The molecule has 8 heteroatoms. The third-order valence-electron chi connectivity index (χ3n) is 7.04. The van der Waals surface area contributed by atoms with Crippen molar-refractivity contribution in [1.29, 1.82) is 0 Å². The molecule has 0 radical (unpaired) electrons. The van der Waals surface area contributed by atoms with Gasteiger partial charge in [0.05, 0.1) is 23.4 Å². The van der Waals surface area contributed by atoms with Gasteiger partial charge < -0.3 is 15.4 Å². The SMILES string of the molecule is C[C@H]1C[C@@H](N)CN1c1cc(C2NNC3CC(F)C(OC4(C)CC4)CC32)ncn1. The number of alkyl halides is 1. The summed E-state index contributed by atoms with van der Waals surface area (Å²) in [5.41, 5.74) is 13.6. The number of halogens is 1. The van der Waals surface area contributed by atoms with E-state index in [4.69, 9.17) is 10.5 Å². The molecule has 154 valence electrons. The standard InChI is InChI=1S/C20H31FN6O/c1-11-5-12(22)9-27(11)18-8-16(23-10-24-18)19-13-6-17(28-20(2)3-4-20)14(21)7-15(13)25-26-19/h8,10-15,17,19,25-26H,3-7,9,22H2,1-2H3/t11-,12+,13?,14?,15?,17?,19?/m0/s1. The van der Waals surface area contributed by atoms with Gasteiger partial charge in [-0.3, -0.25) is 5.43 Å². The number of aromatic nitrogens is 2. The smallest absolute Gasteiger partial charge is 0.132 e. The summed E-state index contributed by atoms with van der Waals surface area (Å²) < 4.78 is 20.8. The van der Waals surface area contributed by atoms with E-state index in [1.54, 1.807) is 6.33 Å². The van der Waals surface area contributed by atoms with Gasteiger partial charge in [-0.25, -0.2) is 19.8 Å². The van der Waals surface area contributed by atoms with Crippen molar-refractivity contribution in [3.8, 4) is 0 Å². The van der Waals surface area contributed by atoms with Gasteiger partial charge in [0.2, 0.25) is 0 Å². The lowest BCUT2D eigenvalue weighted by Crippen LogP contribution is -2.45. The van der Waals surface area contributed by atoms with E-state index in [1.165, 1.54) is 0 Å². The first kappa shape index (κ1) is 18.7. The Morgan fingerprint density at radius 1 is 1.25 bits per heavy atom. The molecule has 5 rings (SSSR count). The van der Waals surface area contributed by atoms with E-state index >= 15 is 0 Å². The number of nitrogens with two attached hydrogens (primary N) is 1. The summed E-state index contributed by atoms with van der Waals surface area (Å²) in [6, 6.07) is 2.76. The van der Waals surface area contributed by atoms with Crippen LogP contribution in [0.3, 0.4) is 0 Å². The van der Waals surface area contributed by atoms with Crippen LogP contribution < -0.4 is 21.5 Å². The number of anilines is 1. The average Bonchev–Trinajstić information content (AvgIpc) is 3.08. The second kappa shape index (κ2) is 6.86. The highest BCUT2D eigenvalue weighted by atomic mass is 19.1. The summed E-state index contributed by atoms with van der Waals surface area (Å²) >= 11 is 0. The van der Waals surface area contributed by atoms with Crippen molar-refractivity contribution in [2.45, 2.75) is 88.0 Å². The van der Waals surface area contributed by atoms with Gasteiger partial charge >= 0.3 is 0 Å². The third-order valence-corrected chi connectivity index (χ3v) is 7.04. The van der Waals surface area contributed by atoms with E-state index in [0.717, 1.165) is 37.3 Å². The number of nitrogens with one attached hydrogen (secondary N) is 2. The van der Waals surface area contributed by atoms with Crippen molar-refractivity contribution >= 4 is 5.82 Å². The number of fused-ring (bicyclic) bond motifs is 1. The van der Waals surface area contributed by atoms with E-state index in [-0.39, 0.29) is 35.7 Å². The Balaban J connectivity index is 1.34. The zero-order valence-electron chi connectivity index (χ0n) is 16.6. The highest BCUT2D eigenvalue weighted by molar-refractivity contribution is 5.43. The first-order valence-corrected chi connectivity index (χ1v) is 10.6. The van der Waals surface area contributed by atoms with Crippen LogP contribution in [0, 0.1) is 5.92 Å². The van der Waals surface area contributed by atoms with Crippen LogP contribution in [0.25, 0.3) is 0 Å². The van der Waals surface area contributed by atoms with E-state index < -0.39 is 6.17 Å². The van der Waals surface area contributed by atoms with Gasteiger partial charge in [-0.1, -0.05) is 0 Å². The molecule has 4 N–H and O–H groups in total. The van der Waals surface area contributed by atoms with Gasteiger partial charge in [0, 0.05) is 36.7 Å². The van der Waals surface area contributed by atoms with Crippen molar-refractivity contribution in [3.63, 3.8) is 0 Å². The second-order valence-corrected chi connectivity index (χ2v) is 9.43. The Kier molecular flexibility index (Phi) is 4.58. The molecule has 7 atom stereocenters. The van der Waals surface area contributed by atoms with Crippen LogP contribution in [0.4, 0.5) is 10.2 Å². The minimum Gasteiger partial charge on any atom is -0.369 e. The molecule has 2 aliphatic carbocycles. The van der Waals surface area contributed by atoms with Crippen LogP contribution in [-0.4, -0.2) is 52.5 Å². The molecule has 3 heterocycles. The minimum absolute atomic E-state index is 0.0314. The molecular formula is C20H31FN6O. The zero-order valence-corrected chi connectivity index (χ0v) is 16.6. The second-order valence-electron chi connectivity index (χ2n) is 9.43. The number of hydrazine groups is 1. The van der Waals surface area contributed by atoms with Crippen molar-refractivity contribution in [2.24, 2.45) is 11.7 Å². The van der Waals surface area contributed by atoms with Crippen molar-refractivity contribution in [3.05, 3.63) is 18.1 Å². The molecule has 2 saturated carbocycles. The summed E-state index contributed by atoms with van der Waals surface area (Å²) in [4.78, 5) is 11.3. The van der Waals surface area contributed by atoms with Crippen molar-refractivity contribution in [2.75, 3.05) is 11.4 Å². The molecular weight excluding hydrogens is 359 g/mol. The van der Waals surface area contributed by atoms with Crippen molar-refractivity contribution in [1.82, 2.24) is 20.8 Å². The number of nitrogens with zero attached hydrogens (tertiary/aromatic N) is 3. The summed E-state index contributed by atoms with van der Waals surface area (Å²) in [6.45, 7) is 5.09. The maximum absolute atomic E-state index is 14.7. The van der Waals surface area contributed by atoms with Crippen LogP contribution in [0.2, 0.25) is 0 Å². The highest BCUT2D eigenvalue weighted by Crippen LogP contribution is 2.45. The monoisotopic (exact) mass is 390 g/mol. The Hall–Kier alpha value is -1.35. The predicted molar refractivity (Wildman–Crippen MR) is 104 cm³/mol. The fraction of sp³-hybridized carbons (Fsp3) is 0.800. The molecule has 0 bridgehead atoms. The van der Waals surface area contributed by atoms with Gasteiger partial charge in [0.15, 0.2) is 0 Å². The first-order chi connectivity index (χ1) is 13.4. The first-order valence-electron chi connectivity index (χ1n) is 10.6. The average molecular weight is 391 g/mol. The molecule has 28 heavy (non-hydrogen) atoms. The largest absolute Gasteiger partial charge is 0.369 e. The summed E-state index contributed by atoms with van der Waals surface area (Å²) in [5, 5.41) is 0. The molecule has 2 aliphatic heterocycles. The molecule has 5 unspecified atom stereocenters. The molecule has 1 aromatic heterocycles. The van der Waals surface area contributed by atoms with Crippen LogP contribution in [-0.2, 0) is 4.74 Å². The fourth-order valence-electron chi connectivity index (χ4n) is 5.14. The maximum atomic E-state index is 14.7. The lowest BCUT2D eigenvalue weighted by molar-refractivity contribution is -0.0886. The quantitative estimate of drug-likeness (QED) is 0.720. The molecule has 4 fully saturated rings. The Labute approximate surface area is 165 Å². The fourth-order valence-corrected chi connectivity index (χ4v) is 5.14. The van der Waals surface area contributed by atoms with E-state index in [0.29, 0.717) is 18.9 Å². The molecule has 4 aliphatic rings. The number of rotatable bonds is 4. The molecule has 0 aromatic carbocycles. The topological polar surface area (TPSA) is 88.3 Å². The molecule has 1 aromatic rings. The summed E-state index contributed by atoms with van der Waals surface area (Å²) in [5.74, 6) is 1.17. The lowest BCUT2D eigenvalue weighted by Gasteiger charge is -2.36. The molecule has 0 spiro atoms. The molecule has 7 nitrogen and oxygen atoms in total. The van der Waals surface area contributed by atoms with Crippen LogP contribution >= 0.6 is 0 Å². The van der Waals surface area contributed by atoms with Gasteiger partial charge in [-0.15, -0.1) is 0 Å². The maximum Gasteiger partial charge on any atom is 0.132 e. The van der Waals surface area contributed by atoms with Gasteiger partial charge in [-0.05, 0) is 46.0 Å². The Morgan fingerprint density at radius 2 is 2.07 bits per heavy atom. The number of ether oxygens (including phenoxy) is 1. The summed E-state index contributed by atoms with van der Waals surface area (Å²) in [7, 11) is 0. The highest BCUT2D eigenvalue weighted by Gasteiger charge is 2.50. The third kappa shape index (κ3) is 3.40. The lowest BCUT2D eigenvalue weighted by atomic mass is 9.78. The number of hydrogen-bond donors (Lipinski definition) is 3. The molecule has 0 amide bonds. The minimum atomic E-state index is -0.917. The van der Waals surface area contributed by atoms with E-state index in [1.807, 2.05) is 0 Å². The molecule has 2 saturated heterocycles. The van der Waals surface area contributed by atoms with Gasteiger partial charge in [0.25, 0.3) is 0 Å². The van der Waals surface area contributed by atoms with Gasteiger partial charge in [0.1, 0.15) is 18.3 Å². The Bertz CT molecular complexity index is 730. The summed E-state index contributed by atoms with van der Waals surface area (Å²) in [6.07, 6.45) is 4.63. The van der Waals surface area contributed by atoms with E-state index in [9.17, 15) is 4.39 Å². The van der Waals surface area contributed by atoms with Crippen molar-refractivity contribution < 1.29 is 9.13 Å².